The van der Waals surface area contributed by atoms with E-state index in [2.05, 4.69) is 15.4 Å². The third kappa shape index (κ3) is 5.34. The number of aromatic nitrogens is 4. The number of likely N-dealkylation sites (tertiary alicyclic amines) is 1. The molecule has 0 bridgehead atoms. The number of carbonyl (C=O) groups is 1. The standard InChI is InChI=1S/C30H27BN6O2/c31-25-19-34-37-28(33-18-21-8-6-14-32-17-21)16-26(35-29(25)37)22-9-7-15-36(20-22)30(38)24-12-4-5-13-27(24)39-23-10-2-1-3-11-23/h1-6,8,10-14,16-17,19,22,33H,7,9,15,18,20H2. The van der Waals surface area contributed by atoms with Crippen LogP contribution in [0.5, 0.6) is 11.5 Å². The molecule has 1 fully saturated rings. The lowest BCUT2D eigenvalue weighted by Crippen LogP contribution is -2.39. The predicted molar refractivity (Wildman–Crippen MR) is 151 cm³/mol. The fourth-order valence-corrected chi connectivity index (χ4v) is 4.95. The minimum Gasteiger partial charge on any atom is -0.457 e. The van der Waals surface area contributed by atoms with Gasteiger partial charge in [0.15, 0.2) is 5.65 Å². The number of pyridine rings is 1. The third-order valence-corrected chi connectivity index (χ3v) is 6.93. The highest BCUT2D eigenvalue weighted by atomic mass is 16.5. The van der Waals surface area contributed by atoms with Crippen LogP contribution in [0, 0.1) is 0 Å². The second-order valence-electron chi connectivity index (χ2n) is 9.62. The summed E-state index contributed by atoms with van der Waals surface area (Å²) in [7, 11) is 6.22. The fraction of sp³-hybridized carbons (Fsp3) is 0.200. The zero-order valence-corrected chi connectivity index (χ0v) is 21.4. The van der Waals surface area contributed by atoms with Gasteiger partial charge in [-0.25, -0.2) is 4.98 Å². The number of piperidine rings is 1. The Kier molecular flexibility index (Phi) is 6.95. The van der Waals surface area contributed by atoms with E-state index < -0.39 is 0 Å². The lowest BCUT2D eigenvalue weighted by atomic mass is 9.93. The van der Waals surface area contributed by atoms with Crippen LogP contribution in [0.25, 0.3) is 5.65 Å². The van der Waals surface area contributed by atoms with Crippen molar-refractivity contribution in [3.8, 4) is 11.5 Å². The quantitative estimate of drug-likeness (QED) is 0.326. The Balaban J connectivity index is 1.25. The summed E-state index contributed by atoms with van der Waals surface area (Å²) in [4.78, 5) is 24.7. The van der Waals surface area contributed by atoms with Gasteiger partial charge in [0.25, 0.3) is 5.91 Å². The number of hydrogen-bond acceptors (Lipinski definition) is 6. The normalized spacial score (nSPS) is 15.3. The van der Waals surface area contributed by atoms with E-state index in [0.29, 0.717) is 47.8 Å². The Bertz CT molecular complexity index is 1590. The molecule has 1 unspecified atom stereocenters. The van der Waals surface area contributed by atoms with Gasteiger partial charge in [-0.05, 0) is 54.2 Å². The third-order valence-electron chi connectivity index (χ3n) is 6.93. The Morgan fingerprint density at radius 1 is 1.05 bits per heavy atom. The summed E-state index contributed by atoms with van der Waals surface area (Å²) in [6.07, 6.45) is 6.99. The maximum absolute atomic E-state index is 13.7. The van der Waals surface area contributed by atoms with Gasteiger partial charge in [-0.3, -0.25) is 9.78 Å². The highest BCUT2D eigenvalue weighted by molar-refractivity contribution is 6.36. The van der Waals surface area contributed by atoms with Crippen molar-refractivity contribution in [2.24, 2.45) is 0 Å². The molecule has 2 radical (unpaired) electrons. The van der Waals surface area contributed by atoms with Gasteiger partial charge in [0.1, 0.15) is 25.2 Å². The van der Waals surface area contributed by atoms with Crippen LogP contribution in [0.15, 0.2) is 91.4 Å². The van der Waals surface area contributed by atoms with E-state index >= 15 is 0 Å². The SMILES string of the molecule is [B]c1cnn2c(NCc3cccnc3)cc(C3CCCN(C(=O)c4ccccc4Oc4ccccc4)C3)nc12. The second kappa shape index (κ2) is 11.0. The molecule has 4 heterocycles. The Morgan fingerprint density at radius 2 is 1.90 bits per heavy atom. The maximum atomic E-state index is 13.7. The molecule has 1 atom stereocenters. The average Bonchev–Trinajstić information content (AvgIpc) is 3.37. The van der Waals surface area contributed by atoms with Crippen molar-refractivity contribution < 1.29 is 9.53 Å². The second-order valence-corrected chi connectivity index (χ2v) is 9.62. The number of ether oxygens (including phenoxy) is 1. The number of rotatable bonds is 7. The highest BCUT2D eigenvalue weighted by Crippen LogP contribution is 2.31. The first-order chi connectivity index (χ1) is 19.2. The van der Waals surface area contributed by atoms with E-state index in [0.717, 1.165) is 29.9 Å². The van der Waals surface area contributed by atoms with Crippen LogP contribution in [-0.4, -0.2) is 51.3 Å². The Labute approximate surface area is 228 Å². The largest absolute Gasteiger partial charge is 0.457 e. The molecule has 0 aliphatic carbocycles. The van der Waals surface area contributed by atoms with Crippen LogP contribution in [0.1, 0.15) is 40.4 Å². The number of hydrogen-bond donors (Lipinski definition) is 1. The zero-order chi connectivity index (χ0) is 26.6. The lowest BCUT2D eigenvalue weighted by molar-refractivity contribution is 0.0703. The molecular formula is C30H27BN6O2. The van der Waals surface area contributed by atoms with E-state index in [-0.39, 0.29) is 11.8 Å². The van der Waals surface area contributed by atoms with Crippen molar-refractivity contribution in [3.63, 3.8) is 0 Å². The molecule has 1 saturated heterocycles. The van der Waals surface area contributed by atoms with Crippen LogP contribution < -0.4 is 15.5 Å². The summed E-state index contributed by atoms with van der Waals surface area (Å²) in [6, 6.07) is 22.8. The lowest BCUT2D eigenvalue weighted by Gasteiger charge is -2.33. The van der Waals surface area contributed by atoms with Crippen LogP contribution >= 0.6 is 0 Å². The van der Waals surface area contributed by atoms with Gasteiger partial charge >= 0.3 is 0 Å². The summed E-state index contributed by atoms with van der Waals surface area (Å²) >= 11 is 0. The van der Waals surface area contributed by atoms with Crippen LogP contribution in [0.2, 0.25) is 0 Å². The molecule has 6 rings (SSSR count). The molecule has 1 aliphatic rings. The average molecular weight is 514 g/mol. The van der Waals surface area contributed by atoms with Gasteiger partial charge in [-0.2, -0.15) is 9.61 Å². The molecule has 1 aliphatic heterocycles. The van der Waals surface area contributed by atoms with Gasteiger partial charge in [0.2, 0.25) is 0 Å². The number of nitrogens with zero attached hydrogens (tertiary/aromatic N) is 5. The number of amides is 1. The van der Waals surface area contributed by atoms with Crippen LogP contribution in [0.4, 0.5) is 5.82 Å². The minimum atomic E-state index is -0.0499. The van der Waals surface area contributed by atoms with E-state index in [1.807, 2.05) is 83.9 Å². The first-order valence-electron chi connectivity index (χ1n) is 13.0. The van der Waals surface area contributed by atoms with Crippen molar-refractivity contribution >= 4 is 30.7 Å². The fourth-order valence-electron chi connectivity index (χ4n) is 4.95. The van der Waals surface area contributed by atoms with Gasteiger partial charge in [-0.15, -0.1) is 0 Å². The Hall–Kier alpha value is -4.66. The first-order valence-corrected chi connectivity index (χ1v) is 13.0. The van der Waals surface area contributed by atoms with Crippen molar-refractivity contribution in [1.82, 2.24) is 24.5 Å². The number of nitrogens with one attached hydrogen (secondary N) is 1. The summed E-state index contributed by atoms with van der Waals surface area (Å²) in [5.41, 5.74) is 3.59. The molecule has 39 heavy (non-hydrogen) atoms. The Morgan fingerprint density at radius 3 is 2.74 bits per heavy atom. The monoisotopic (exact) mass is 514 g/mol. The summed E-state index contributed by atoms with van der Waals surface area (Å²) < 4.78 is 7.79. The van der Waals surface area contributed by atoms with E-state index in [9.17, 15) is 4.79 Å². The first kappa shape index (κ1) is 24.7. The maximum Gasteiger partial charge on any atom is 0.257 e. The van der Waals surface area contributed by atoms with Crippen molar-refractivity contribution in [1.29, 1.82) is 0 Å². The van der Waals surface area contributed by atoms with Gasteiger partial charge < -0.3 is 15.0 Å². The van der Waals surface area contributed by atoms with Crippen molar-refractivity contribution in [2.75, 3.05) is 18.4 Å². The molecule has 0 spiro atoms. The summed E-state index contributed by atoms with van der Waals surface area (Å²) in [6.45, 7) is 1.82. The number of para-hydroxylation sites is 2. The summed E-state index contributed by atoms with van der Waals surface area (Å²) in [5, 5.41) is 7.87. The minimum absolute atomic E-state index is 0.0499. The molecule has 0 saturated carbocycles. The smallest absolute Gasteiger partial charge is 0.257 e. The van der Waals surface area contributed by atoms with Crippen LogP contribution in [0.3, 0.4) is 0 Å². The van der Waals surface area contributed by atoms with E-state index in [4.69, 9.17) is 17.6 Å². The number of fused-ring (bicyclic) bond motifs is 1. The number of anilines is 1. The molecule has 1 N–H and O–H groups in total. The molecular weight excluding hydrogens is 487 g/mol. The van der Waals surface area contributed by atoms with Gasteiger partial charge in [0, 0.05) is 50.2 Å². The van der Waals surface area contributed by atoms with Gasteiger partial charge in [0.05, 0.1) is 11.3 Å². The van der Waals surface area contributed by atoms with Crippen molar-refractivity contribution in [3.05, 3.63) is 108 Å². The van der Waals surface area contributed by atoms with Crippen molar-refractivity contribution in [2.45, 2.75) is 25.3 Å². The van der Waals surface area contributed by atoms with Crippen LogP contribution in [-0.2, 0) is 6.54 Å². The number of benzene rings is 2. The predicted octanol–water partition coefficient (Wildman–Crippen LogP) is 4.34. The molecule has 1 amide bonds. The molecule has 2 aromatic carbocycles. The highest BCUT2D eigenvalue weighted by Gasteiger charge is 2.29. The zero-order valence-electron chi connectivity index (χ0n) is 21.4. The molecule has 8 nitrogen and oxygen atoms in total. The van der Waals surface area contributed by atoms with E-state index in [1.165, 1.54) is 0 Å². The molecule has 5 aromatic rings. The topological polar surface area (TPSA) is 84.7 Å². The summed E-state index contributed by atoms with van der Waals surface area (Å²) in [5.74, 6) is 2.04. The molecule has 9 heteroatoms. The number of carbonyl (C=O) groups excluding carboxylic acids is 1. The molecule has 3 aromatic heterocycles. The molecule has 192 valence electrons. The van der Waals surface area contributed by atoms with E-state index in [1.54, 1.807) is 16.9 Å². The van der Waals surface area contributed by atoms with Gasteiger partial charge in [-0.1, -0.05) is 36.4 Å².